The van der Waals surface area contributed by atoms with E-state index in [4.69, 9.17) is 4.74 Å². The van der Waals surface area contributed by atoms with E-state index in [2.05, 4.69) is 10.6 Å². The van der Waals surface area contributed by atoms with Crippen molar-refractivity contribution in [3.63, 3.8) is 0 Å². The zero-order valence-electron chi connectivity index (χ0n) is 13.5. The van der Waals surface area contributed by atoms with Crippen LogP contribution in [-0.4, -0.2) is 44.0 Å². The van der Waals surface area contributed by atoms with Crippen molar-refractivity contribution in [2.45, 2.75) is 25.9 Å². The standard InChI is InChI=1S/C16H21N3O4/c1-10(2)19-12-7-5-4-6-11(12)13(16(19)22)18-15(21)14(20)17-8-9-23-3/h4-7,10,13H,8-9H2,1-3H3,(H,17,20)(H,18,21)/t13-/m0/s1. The van der Waals surface area contributed by atoms with Gasteiger partial charge in [-0.05, 0) is 19.9 Å². The number of amides is 3. The summed E-state index contributed by atoms with van der Waals surface area (Å²) in [5, 5.41) is 4.94. The molecule has 0 saturated heterocycles. The molecule has 2 N–H and O–H groups in total. The quantitative estimate of drug-likeness (QED) is 0.606. The Morgan fingerprint density at radius 2 is 1.96 bits per heavy atom. The molecule has 0 radical (unpaired) electrons. The van der Waals surface area contributed by atoms with Crippen molar-refractivity contribution in [1.29, 1.82) is 0 Å². The lowest BCUT2D eigenvalue weighted by Crippen LogP contribution is -2.46. The van der Waals surface area contributed by atoms with Crippen molar-refractivity contribution >= 4 is 23.4 Å². The van der Waals surface area contributed by atoms with Crippen LogP contribution in [0.4, 0.5) is 5.69 Å². The van der Waals surface area contributed by atoms with E-state index in [0.717, 1.165) is 5.69 Å². The molecule has 1 aromatic rings. The first-order valence-electron chi connectivity index (χ1n) is 7.47. The molecule has 0 aromatic heterocycles. The smallest absolute Gasteiger partial charge is 0.310 e. The molecule has 1 aliphatic heterocycles. The van der Waals surface area contributed by atoms with Crippen molar-refractivity contribution in [1.82, 2.24) is 10.6 Å². The van der Waals surface area contributed by atoms with Gasteiger partial charge in [-0.3, -0.25) is 14.4 Å². The molecule has 2 rings (SSSR count). The van der Waals surface area contributed by atoms with Crippen LogP contribution in [-0.2, 0) is 19.1 Å². The Bertz CT molecular complexity index is 615. The fourth-order valence-corrected chi connectivity index (χ4v) is 2.56. The molecule has 1 heterocycles. The number of methoxy groups -OCH3 is 1. The van der Waals surface area contributed by atoms with Crippen molar-refractivity contribution < 1.29 is 19.1 Å². The van der Waals surface area contributed by atoms with E-state index < -0.39 is 17.9 Å². The maximum Gasteiger partial charge on any atom is 0.310 e. The molecule has 0 unspecified atom stereocenters. The minimum atomic E-state index is -0.839. The van der Waals surface area contributed by atoms with E-state index in [0.29, 0.717) is 12.2 Å². The number of nitrogens with one attached hydrogen (secondary N) is 2. The lowest BCUT2D eigenvalue weighted by atomic mass is 10.1. The Balaban J connectivity index is 2.12. The number of carbonyl (C=O) groups excluding carboxylic acids is 3. The number of nitrogens with zero attached hydrogens (tertiary/aromatic N) is 1. The normalized spacial score (nSPS) is 16.4. The van der Waals surface area contributed by atoms with Crippen LogP contribution in [0.5, 0.6) is 0 Å². The van der Waals surface area contributed by atoms with E-state index in [9.17, 15) is 14.4 Å². The first-order chi connectivity index (χ1) is 11.0. The highest BCUT2D eigenvalue weighted by atomic mass is 16.5. The van der Waals surface area contributed by atoms with Gasteiger partial charge in [-0.1, -0.05) is 18.2 Å². The van der Waals surface area contributed by atoms with Crippen LogP contribution >= 0.6 is 0 Å². The predicted octanol–water partition coefficient (Wildman–Crippen LogP) is 0.362. The number of hydrogen-bond acceptors (Lipinski definition) is 4. The number of fused-ring (bicyclic) bond motifs is 1. The van der Waals surface area contributed by atoms with Gasteiger partial charge >= 0.3 is 11.8 Å². The highest BCUT2D eigenvalue weighted by Gasteiger charge is 2.39. The maximum atomic E-state index is 12.6. The summed E-state index contributed by atoms with van der Waals surface area (Å²) in [4.78, 5) is 37.9. The van der Waals surface area contributed by atoms with Crippen LogP contribution in [0, 0.1) is 0 Å². The maximum absolute atomic E-state index is 12.6. The lowest BCUT2D eigenvalue weighted by Gasteiger charge is -2.22. The average Bonchev–Trinajstić information content (AvgIpc) is 2.80. The van der Waals surface area contributed by atoms with Gasteiger partial charge in [0.1, 0.15) is 6.04 Å². The summed E-state index contributed by atoms with van der Waals surface area (Å²) in [5.74, 6) is -1.85. The van der Waals surface area contributed by atoms with E-state index in [1.807, 2.05) is 26.0 Å². The zero-order chi connectivity index (χ0) is 17.0. The largest absolute Gasteiger partial charge is 0.383 e. The monoisotopic (exact) mass is 319 g/mol. The highest BCUT2D eigenvalue weighted by molar-refractivity contribution is 6.35. The molecule has 124 valence electrons. The van der Waals surface area contributed by atoms with Gasteiger partial charge in [0.25, 0.3) is 5.91 Å². The Labute approximate surface area is 135 Å². The molecule has 0 aliphatic carbocycles. The van der Waals surface area contributed by atoms with Crippen LogP contribution in [0.15, 0.2) is 24.3 Å². The number of rotatable bonds is 5. The third-order valence-electron chi connectivity index (χ3n) is 3.58. The fraction of sp³-hybridized carbons (Fsp3) is 0.438. The first-order valence-corrected chi connectivity index (χ1v) is 7.47. The van der Waals surface area contributed by atoms with Crippen molar-refractivity contribution in [2.75, 3.05) is 25.2 Å². The second kappa shape index (κ2) is 7.23. The Kier molecular flexibility index (Phi) is 5.33. The molecule has 7 nitrogen and oxygen atoms in total. The molecule has 0 bridgehead atoms. The fourth-order valence-electron chi connectivity index (χ4n) is 2.56. The second-order valence-corrected chi connectivity index (χ2v) is 5.52. The van der Waals surface area contributed by atoms with Gasteiger partial charge < -0.3 is 20.3 Å². The Hall–Kier alpha value is -2.41. The molecule has 1 atom stereocenters. The van der Waals surface area contributed by atoms with Crippen molar-refractivity contribution in [2.24, 2.45) is 0 Å². The minimum absolute atomic E-state index is 0.0407. The van der Waals surface area contributed by atoms with Crippen molar-refractivity contribution in [3.8, 4) is 0 Å². The topological polar surface area (TPSA) is 87.7 Å². The number of hydrogen-bond donors (Lipinski definition) is 2. The number of benzene rings is 1. The van der Waals surface area contributed by atoms with E-state index >= 15 is 0 Å². The molecular weight excluding hydrogens is 298 g/mol. The summed E-state index contributed by atoms with van der Waals surface area (Å²) >= 11 is 0. The van der Waals surface area contributed by atoms with E-state index in [1.165, 1.54) is 7.11 Å². The molecule has 1 aromatic carbocycles. The van der Waals surface area contributed by atoms with Gasteiger partial charge in [-0.25, -0.2) is 0 Å². The number of anilines is 1. The van der Waals surface area contributed by atoms with Gasteiger partial charge in [0.05, 0.1) is 6.61 Å². The summed E-state index contributed by atoms with van der Waals surface area (Å²) < 4.78 is 4.80. The Morgan fingerprint density at radius 1 is 1.26 bits per heavy atom. The predicted molar refractivity (Wildman–Crippen MR) is 84.8 cm³/mol. The minimum Gasteiger partial charge on any atom is -0.383 e. The molecule has 7 heteroatoms. The Morgan fingerprint density at radius 3 is 2.61 bits per heavy atom. The first kappa shape index (κ1) is 17.0. The molecule has 0 spiro atoms. The summed E-state index contributed by atoms with van der Waals surface area (Å²) in [7, 11) is 1.50. The summed E-state index contributed by atoms with van der Waals surface area (Å²) in [6, 6.07) is 6.37. The summed E-state index contributed by atoms with van der Waals surface area (Å²) in [6.07, 6.45) is 0. The summed E-state index contributed by atoms with van der Waals surface area (Å²) in [5.41, 5.74) is 1.46. The van der Waals surface area contributed by atoms with Gasteiger partial charge in [0.15, 0.2) is 0 Å². The van der Waals surface area contributed by atoms with Gasteiger partial charge in [0, 0.05) is 30.9 Å². The highest BCUT2D eigenvalue weighted by Crippen LogP contribution is 2.36. The zero-order valence-corrected chi connectivity index (χ0v) is 13.5. The van der Waals surface area contributed by atoms with Gasteiger partial charge in [-0.2, -0.15) is 0 Å². The SMILES string of the molecule is COCCNC(=O)C(=O)N[C@@H]1C(=O)N(C(C)C)c2ccccc21. The molecule has 23 heavy (non-hydrogen) atoms. The summed E-state index contributed by atoms with van der Waals surface area (Å²) in [6.45, 7) is 4.34. The van der Waals surface area contributed by atoms with Crippen molar-refractivity contribution in [3.05, 3.63) is 29.8 Å². The van der Waals surface area contributed by atoms with Gasteiger partial charge in [-0.15, -0.1) is 0 Å². The van der Waals surface area contributed by atoms with E-state index in [1.54, 1.807) is 17.0 Å². The van der Waals surface area contributed by atoms with Crippen LogP contribution in [0.1, 0.15) is 25.5 Å². The second-order valence-electron chi connectivity index (χ2n) is 5.52. The number of ether oxygens (including phenoxy) is 1. The van der Waals surface area contributed by atoms with Crippen LogP contribution < -0.4 is 15.5 Å². The van der Waals surface area contributed by atoms with E-state index in [-0.39, 0.29) is 18.5 Å². The molecule has 3 amide bonds. The molecule has 0 saturated carbocycles. The third-order valence-corrected chi connectivity index (χ3v) is 3.58. The molecular formula is C16H21N3O4. The average molecular weight is 319 g/mol. The number of para-hydroxylation sites is 1. The molecule has 1 aliphatic rings. The molecule has 0 fully saturated rings. The van der Waals surface area contributed by atoms with Gasteiger partial charge in [0.2, 0.25) is 0 Å². The third kappa shape index (κ3) is 3.50. The van der Waals surface area contributed by atoms with Crippen LogP contribution in [0.3, 0.4) is 0 Å². The van der Waals surface area contributed by atoms with Crippen LogP contribution in [0.25, 0.3) is 0 Å². The lowest BCUT2D eigenvalue weighted by molar-refractivity contribution is -0.140. The number of carbonyl (C=O) groups is 3. The van der Waals surface area contributed by atoms with Crippen LogP contribution in [0.2, 0.25) is 0 Å².